The molecule has 1 amide bonds. The van der Waals surface area contributed by atoms with Gasteiger partial charge in [0.15, 0.2) is 0 Å². The quantitative estimate of drug-likeness (QED) is 0.228. The number of aryl methyl sites for hydroxylation is 1. The van der Waals surface area contributed by atoms with Crippen molar-refractivity contribution in [1.29, 1.82) is 0 Å². The summed E-state index contributed by atoms with van der Waals surface area (Å²) >= 11 is 6.61. The van der Waals surface area contributed by atoms with E-state index in [4.69, 9.17) is 27.0 Å². The SMILES string of the molecule is Cc1cccn2c(=O)c(C=C3SC(=S)N(CCCCCC(=O)O)C3=O)c(NCCCN3CCOCC3)nc12. The van der Waals surface area contributed by atoms with Gasteiger partial charge in [-0.25, -0.2) is 4.98 Å². The molecule has 0 aromatic carbocycles. The summed E-state index contributed by atoms with van der Waals surface area (Å²) in [5.74, 6) is -0.620. The number of carboxylic acids is 1. The molecular formula is C26H33N5O5S2. The van der Waals surface area contributed by atoms with Crippen LogP contribution in [-0.4, -0.2) is 86.4 Å². The zero-order valence-electron chi connectivity index (χ0n) is 21.5. The Morgan fingerprint density at radius 1 is 1.21 bits per heavy atom. The number of unbranched alkanes of at least 4 members (excludes halogenated alkanes) is 2. The molecule has 2 fully saturated rings. The number of carbonyl (C=O) groups excluding carboxylic acids is 1. The minimum atomic E-state index is -0.825. The highest BCUT2D eigenvalue weighted by Gasteiger charge is 2.32. The molecule has 2 saturated heterocycles. The number of aromatic nitrogens is 2. The number of thioether (sulfide) groups is 1. The predicted molar refractivity (Wildman–Crippen MR) is 153 cm³/mol. The van der Waals surface area contributed by atoms with Gasteiger partial charge in [-0.2, -0.15) is 0 Å². The minimum absolute atomic E-state index is 0.110. The van der Waals surface area contributed by atoms with E-state index in [-0.39, 0.29) is 17.9 Å². The first-order valence-corrected chi connectivity index (χ1v) is 14.1. The zero-order chi connectivity index (χ0) is 27.1. The van der Waals surface area contributed by atoms with Crippen molar-refractivity contribution in [3.05, 3.63) is 44.7 Å². The van der Waals surface area contributed by atoms with Crippen LogP contribution < -0.4 is 10.9 Å². The zero-order valence-corrected chi connectivity index (χ0v) is 23.1. The maximum absolute atomic E-state index is 13.5. The fraction of sp³-hybridized carbons (Fsp3) is 0.500. The van der Waals surface area contributed by atoms with Gasteiger partial charge in [-0.05, 0) is 50.4 Å². The molecule has 204 valence electrons. The molecule has 2 N–H and O–H groups in total. The molecule has 0 radical (unpaired) electrons. The van der Waals surface area contributed by atoms with Gasteiger partial charge in [-0.3, -0.25) is 28.6 Å². The number of aliphatic carboxylic acids is 1. The van der Waals surface area contributed by atoms with Crippen LogP contribution in [0.2, 0.25) is 0 Å². The largest absolute Gasteiger partial charge is 0.481 e. The van der Waals surface area contributed by atoms with E-state index in [0.717, 1.165) is 44.8 Å². The Kier molecular flexibility index (Phi) is 9.89. The molecule has 4 rings (SSSR count). The third kappa shape index (κ3) is 6.99. The van der Waals surface area contributed by atoms with Crippen LogP contribution in [0.1, 0.15) is 43.2 Å². The molecule has 4 heterocycles. The van der Waals surface area contributed by atoms with Gasteiger partial charge in [0.1, 0.15) is 15.8 Å². The number of hydrogen-bond donors (Lipinski definition) is 2. The Balaban J connectivity index is 1.52. The predicted octanol–water partition coefficient (Wildman–Crippen LogP) is 2.98. The number of carboxylic acid groups (broad SMARTS) is 1. The summed E-state index contributed by atoms with van der Waals surface area (Å²) in [4.78, 5) is 46.4. The van der Waals surface area contributed by atoms with Gasteiger partial charge in [-0.1, -0.05) is 36.5 Å². The van der Waals surface area contributed by atoms with Gasteiger partial charge >= 0.3 is 5.97 Å². The fourth-order valence-corrected chi connectivity index (χ4v) is 5.75. The molecule has 10 nitrogen and oxygen atoms in total. The average Bonchev–Trinajstić information content (AvgIpc) is 3.16. The normalized spacial score (nSPS) is 17.6. The van der Waals surface area contributed by atoms with E-state index in [1.54, 1.807) is 18.3 Å². The summed E-state index contributed by atoms with van der Waals surface area (Å²) in [6.07, 6.45) is 6.16. The van der Waals surface area contributed by atoms with Crippen molar-refractivity contribution >= 4 is 57.7 Å². The number of morpholine rings is 1. The molecule has 0 saturated carbocycles. The van der Waals surface area contributed by atoms with Crippen LogP contribution in [0.3, 0.4) is 0 Å². The summed E-state index contributed by atoms with van der Waals surface area (Å²) < 4.78 is 7.35. The first-order chi connectivity index (χ1) is 18.3. The van der Waals surface area contributed by atoms with Gasteiger partial charge in [0.25, 0.3) is 11.5 Å². The number of thiocarbonyl (C=S) groups is 1. The second kappa shape index (κ2) is 13.3. The molecule has 12 heteroatoms. The fourth-order valence-electron chi connectivity index (χ4n) is 4.46. The smallest absolute Gasteiger partial charge is 0.303 e. The van der Waals surface area contributed by atoms with Crippen LogP contribution in [0.4, 0.5) is 5.82 Å². The summed E-state index contributed by atoms with van der Waals surface area (Å²) in [7, 11) is 0. The average molecular weight is 560 g/mol. The number of rotatable bonds is 12. The van der Waals surface area contributed by atoms with Crippen LogP contribution in [0, 0.1) is 6.92 Å². The van der Waals surface area contributed by atoms with E-state index in [0.29, 0.717) is 58.6 Å². The molecule has 2 aromatic heterocycles. The molecule has 2 aliphatic rings. The summed E-state index contributed by atoms with van der Waals surface area (Å²) in [6.45, 7) is 7.21. The van der Waals surface area contributed by atoms with E-state index >= 15 is 0 Å². The monoisotopic (exact) mass is 559 g/mol. The third-order valence-corrected chi connectivity index (χ3v) is 7.93. The lowest BCUT2D eigenvalue weighted by Gasteiger charge is -2.26. The molecule has 0 aliphatic carbocycles. The first kappa shape index (κ1) is 28.2. The molecular weight excluding hydrogens is 526 g/mol. The standard InChI is InChI=1S/C26H33N5O5S2/c1-18-7-5-12-30-23(18)28-22(27-9-6-10-29-13-15-36-16-14-29)19(24(30)34)17-20-25(35)31(26(37)38-20)11-4-2-3-8-21(32)33/h5,7,12,17,27H,2-4,6,8-11,13-16H2,1H3,(H,32,33). The van der Waals surface area contributed by atoms with Crippen molar-refractivity contribution in [2.24, 2.45) is 0 Å². The van der Waals surface area contributed by atoms with Crippen molar-refractivity contribution in [3.63, 3.8) is 0 Å². The lowest BCUT2D eigenvalue weighted by Crippen LogP contribution is -2.37. The highest BCUT2D eigenvalue weighted by atomic mass is 32.2. The van der Waals surface area contributed by atoms with Gasteiger partial charge in [0.2, 0.25) is 0 Å². The Morgan fingerprint density at radius 3 is 2.76 bits per heavy atom. The van der Waals surface area contributed by atoms with Crippen LogP contribution in [0.25, 0.3) is 11.7 Å². The van der Waals surface area contributed by atoms with E-state index in [2.05, 4.69) is 10.2 Å². The maximum Gasteiger partial charge on any atom is 0.303 e. The number of pyridine rings is 1. The molecule has 0 unspecified atom stereocenters. The molecule has 2 aliphatic heterocycles. The van der Waals surface area contributed by atoms with Gasteiger partial charge in [0, 0.05) is 38.8 Å². The molecule has 38 heavy (non-hydrogen) atoms. The second-order valence-electron chi connectivity index (χ2n) is 9.34. The highest BCUT2D eigenvalue weighted by Crippen LogP contribution is 2.33. The van der Waals surface area contributed by atoms with Crippen LogP contribution in [0.5, 0.6) is 0 Å². The van der Waals surface area contributed by atoms with Gasteiger partial charge in [-0.15, -0.1) is 0 Å². The van der Waals surface area contributed by atoms with Crippen molar-refractivity contribution in [2.75, 3.05) is 51.3 Å². The van der Waals surface area contributed by atoms with E-state index in [1.165, 1.54) is 21.1 Å². The van der Waals surface area contributed by atoms with Crippen LogP contribution >= 0.6 is 24.0 Å². The van der Waals surface area contributed by atoms with Gasteiger partial charge < -0.3 is 15.2 Å². The number of nitrogens with one attached hydrogen (secondary N) is 1. The van der Waals surface area contributed by atoms with Crippen molar-refractivity contribution in [2.45, 2.75) is 39.0 Å². The van der Waals surface area contributed by atoms with Crippen LogP contribution in [0.15, 0.2) is 28.0 Å². The Hall–Kier alpha value is -2.80. The van der Waals surface area contributed by atoms with E-state index in [9.17, 15) is 14.4 Å². The summed E-state index contributed by atoms with van der Waals surface area (Å²) in [5, 5.41) is 12.1. The summed E-state index contributed by atoms with van der Waals surface area (Å²) in [5.41, 5.74) is 1.51. The number of anilines is 1. The lowest BCUT2D eigenvalue weighted by atomic mass is 10.2. The molecule has 2 aromatic rings. The van der Waals surface area contributed by atoms with E-state index < -0.39 is 5.97 Å². The maximum atomic E-state index is 13.5. The lowest BCUT2D eigenvalue weighted by molar-refractivity contribution is -0.137. The number of ether oxygens (including phenoxy) is 1. The molecule has 0 atom stereocenters. The highest BCUT2D eigenvalue weighted by molar-refractivity contribution is 8.26. The number of carbonyl (C=O) groups is 2. The first-order valence-electron chi connectivity index (χ1n) is 12.9. The number of hydrogen-bond acceptors (Lipinski definition) is 9. The second-order valence-corrected chi connectivity index (χ2v) is 11.0. The van der Waals surface area contributed by atoms with Crippen molar-refractivity contribution in [1.82, 2.24) is 19.2 Å². The number of amides is 1. The number of fused-ring (bicyclic) bond motifs is 1. The van der Waals surface area contributed by atoms with Crippen LogP contribution in [-0.2, 0) is 14.3 Å². The Bertz CT molecular complexity index is 1290. The van der Waals surface area contributed by atoms with Crippen molar-refractivity contribution < 1.29 is 19.4 Å². The minimum Gasteiger partial charge on any atom is -0.481 e. The molecule has 0 bridgehead atoms. The van der Waals surface area contributed by atoms with Gasteiger partial charge in [0.05, 0.1) is 23.7 Å². The third-order valence-electron chi connectivity index (χ3n) is 6.55. The molecule has 0 spiro atoms. The Labute approximate surface area is 231 Å². The van der Waals surface area contributed by atoms with Crippen molar-refractivity contribution in [3.8, 4) is 0 Å². The Morgan fingerprint density at radius 2 is 2.00 bits per heavy atom. The van der Waals surface area contributed by atoms with E-state index in [1.807, 2.05) is 13.0 Å². The topological polar surface area (TPSA) is 116 Å². The summed E-state index contributed by atoms with van der Waals surface area (Å²) in [6, 6.07) is 3.71. The number of nitrogens with zero attached hydrogens (tertiary/aromatic N) is 4.